The fourth-order valence-corrected chi connectivity index (χ4v) is 4.13. The lowest BCUT2D eigenvalue weighted by Crippen LogP contribution is -2.42. The third-order valence-corrected chi connectivity index (χ3v) is 5.30. The molecule has 1 saturated heterocycles. The van der Waals surface area contributed by atoms with Gasteiger partial charge in [-0.25, -0.2) is 4.39 Å². The number of hydrogen-bond acceptors (Lipinski definition) is 2. The Morgan fingerprint density at radius 1 is 1.27 bits per heavy atom. The lowest BCUT2D eigenvalue weighted by molar-refractivity contribution is -0.137. The van der Waals surface area contributed by atoms with Crippen molar-refractivity contribution in [2.45, 2.75) is 44.6 Å². The molecule has 1 aromatic rings. The van der Waals surface area contributed by atoms with E-state index < -0.39 is 0 Å². The first-order chi connectivity index (χ1) is 10.7. The van der Waals surface area contributed by atoms with E-state index in [1.54, 1.807) is 12.1 Å². The number of nitrogens with two attached hydrogens (primary N) is 1. The highest BCUT2D eigenvalue weighted by Crippen LogP contribution is 2.34. The average molecular weight is 304 g/mol. The van der Waals surface area contributed by atoms with Gasteiger partial charge in [0, 0.05) is 18.5 Å². The number of hydrogen-bond donors (Lipinski definition) is 1. The zero-order valence-electron chi connectivity index (χ0n) is 13.0. The topological polar surface area (TPSA) is 46.3 Å². The van der Waals surface area contributed by atoms with E-state index in [2.05, 4.69) is 0 Å². The summed E-state index contributed by atoms with van der Waals surface area (Å²) >= 11 is 0. The van der Waals surface area contributed by atoms with Crippen molar-refractivity contribution in [2.24, 2.45) is 17.6 Å². The predicted molar refractivity (Wildman–Crippen MR) is 84.7 cm³/mol. The molecule has 22 heavy (non-hydrogen) atoms. The van der Waals surface area contributed by atoms with Gasteiger partial charge >= 0.3 is 0 Å². The van der Waals surface area contributed by atoms with Gasteiger partial charge in [0.2, 0.25) is 5.91 Å². The minimum Gasteiger partial charge on any atom is -0.339 e. The maximum Gasteiger partial charge on any atom is 0.226 e. The van der Waals surface area contributed by atoms with Crippen LogP contribution in [0.1, 0.15) is 37.7 Å². The molecule has 1 amide bonds. The van der Waals surface area contributed by atoms with Crippen LogP contribution >= 0.6 is 0 Å². The van der Waals surface area contributed by atoms with Gasteiger partial charge in [0.15, 0.2) is 0 Å². The SMILES string of the molecule is NC[C@H]1CCC[C@H]1C(=O)N1CCCC1Cc1cccc(F)c1. The lowest BCUT2D eigenvalue weighted by atomic mass is 9.94. The second-order valence-corrected chi connectivity index (χ2v) is 6.69. The van der Waals surface area contributed by atoms with E-state index in [-0.39, 0.29) is 23.7 Å². The summed E-state index contributed by atoms with van der Waals surface area (Å²) in [7, 11) is 0. The standard InChI is InChI=1S/C18H25FN2O/c19-15-6-1-4-13(10-15)11-16-7-3-9-21(16)18(22)17-8-2-5-14(17)12-20/h1,4,6,10,14,16-17H,2-3,5,7-9,11-12,20H2/t14-,16?,17-/m1/s1. The third kappa shape index (κ3) is 3.17. The Morgan fingerprint density at radius 2 is 2.14 bits per heavy atom. The summed E-state index contributed by atoms with van der Waals surface area (Å²) in [4.78, 5) is 14.9. The van der Waals surface area contributed by atoms with Crippen LogP contribution in [0.2, 0.25) is 0 Å². The number of carbonyl (C=O) groups excluding carboxylic acids is 1. The van der Waals surface area contributed by atoms with E-state index in [0.717, 1.165) is 50.6 Å². The summed E-state index contributed by atoms with van der Waals surface area (Å²) in [5.41, 5.74) is 6.80. The average Bonchev–Trinajstić information content (AvgIpc) is 3.15. The van der Waals surface area contributed by atoms with E-state index in [9.17, 15) is 9.18 Å². The molecule has 3 nitrogen and oxygen atoms in total. The summed E-state index contributed by atoms with van der Waals surface area (Å²) in [6.07, 6.45) is 5.98. The van der Waals surface area contributed by atoms with Crippen molar-refractivity contribution < 1.29 is 9.18 Å². The van der Waals surface area contributed by atoms with Crippen LogP contribution < -0.4 is 5.73 Å². The number of benzene rings is 1. The van der Waals surface area contributed by atoms with Crippen LogP contribution in [0, 0.1) is 17.7 Å². The zero-order valence-corrected chi connectivity index (χ0v) is 13.0. The van der Waals surface area contributed by atoms with Crippen molar-refractivity contribution in [2.75, 3.05) is 13.1 Å². The Kier molecular flexibility index (Phi) is 4.77. The van der Waals surface area contributed by atoms with Crippen molar-refractivity contribution in [1.29, 1.82) is 0 Å². The Balaban J connectivity index is 1.69. The van der Waals surface area contributed by atoms with Crippen LogP contribution in [0.15, 0.2) is 24.3 Å². The molecule has 1 heterocycles. The van der Waals surface area contributed by atoms with E-state index in [1.807, 2.05) is 11.0 Å². The summed E-state index contributed by atoms with van der Waals surface area (Å²) in [6.45, 7) is 1.45. The van der Waals surface area contributed by atoms with Crippen LogP contribution in [-0.4, -0.2) is 29.9 Å². The number of nitrogens with zero attached hydrogens (tertiary/aromatic N) is 1. The Hall–Kier alpha value is -1.42. The first kappa shape index (κ1) is 15.5. The molecule has 1 aromatic carbocycles. The first-order valence-corrected chi connectivity index (χ1v) is 8.44. The number of rotatable bonds is 4. The quantitative estimate of drug-likeness (QED) is 0.929. The normalized spacial score (nSPS) is 28.3. The van der Waals surface area contributed by atoms with Gasteiger partial charge in [0.25, 0.3) is 0 Å². The Bertz CT molecular complexity index is 534. The van der Waals surface area contributed by atoms with Gasteiger partial charge in [-0.1, -0.05) is 18.6 Å². The van der Waals surface area contributed by atoms with E-state index in [1.165, 1.54) is 6.07 Å². The van der Waals surface area contributed by atoms with Gasteiger partial charge in [0.05, 0.1) is 0 Å². The molecule has 0 radical (unpaired) electrons. The Morgan fingerprint density at radius 3 is 2.91 bits per heavy atom. The van der Waals surface area contributed by atoms with Gasteiger partial charge < -0.3 is 10.6 Å². The Labute approximate surface area is 131 Å². The molecule has 0 spiro atoms. The summed E-state index contributed by atoms with van der Waals surface area (Å²) in [6, 6.07) is 6.95. The largest absolute Gasteiger partial charge is 0.339 e. The maximum atomic E-state index is 13.3. The molecule has 0 aromatic heterocycles. The minimum atomic E-state index is -0.202. The highest BCUT2D eigenvalue weighted by molar-refractivity contribution is 5.80. The van der Waals surface area contributed by atoms with Crippen LogP contribution in [0.4, 0.5) is 4.39 Å². The summed E-state index contributed by atoms with van der Waals surface area (Å²) in [5, 5.41) is 0. The molecule has 2 N–H and O–H groups in total. The van der Waals surface area contributed by atoms with Crippen LogP contribution in [-0.2, 0) is 11.2 Å². The van der Waals surface area contributed by atoms with E-state index in [4.69, 9.17) is 5.73 Å². The van der Waals surface area contributed by atoms with Gasteiger partial charge in [-0.05, 0) is 62.3 Å². The number of halogens is 1. The van der Waals surface area contributed by atoms with Gasteiger partial charge in [-0.3, -0.25) is 4.79 Å². The highest BCUT2D eigenvalue weighted by atomic mass is 19.1. The molecule has 4 heteroatoms. The van der Waals surface area contributed by atoms with Crippen molar-refractivity contribution in [3.05, 3.63) is 35.6 Å². The second kappa shape index (κ2) is 6.78. The number of likely N-dealkylation sites (tertiary alicyclic amines) is 1. The first-order valence-electron chi connectivity index (χ1n) is 8.44. The molecule has 1 aliphatic carbocycles. The molecular weight excluding hydrogens is 279 g/mol. The summed E-state index contributed by atoms with van der Waals surface area (Å²) < 4.78 is 13.3. The number of amides is 1. The van der Waals surface area contributed by atoms with Crippen molar-refractivity contribution in [3.8, 4) is 0 Å². The summed E-state index contributed by atoms with van der Waals surface area (Å²) in [5.74, 6) is 0.542. The van der Waals surface area contributed by atoms with Crippen molar-refractivity contribution in [3.63, 3.8) is 0 Å². The molecule has 2 aliphatic rings. The zero-order chi connectivity index (χ0) is 15.5. The van der Waals surface area contributed by atoms with Gasteiger partial charge in [-0.2, -0.15) is 0 Å². The highest BCUT2D eigenvalue weighted by Gasteiger charge is 2.38. The minimum absolute atomic E-state index is 0.109. The smallest absolute Gasteiger partial charge is 0.226 e. The van der Waals surface area contributed by atoms with E-state index in [0.29, 0.717) is 12.5 Å². The molecule has 3 atom stereocenters. The predicted octanol–water partition coefficient (Wildman–Crippen LogP) is 2.73. The molecular formula is C18H25FN2O. The fourth-order valence-electron chi connectivity index (χ4n) is 4.13. The van der Waals surface area contributed by atoms with E-state index >= 15 is 0 Å². The molecule has 1 unspecified atom stereocenters. The molecule has 0 bridgehead atoms. The van der Waals surface area contributed by atoms with Crippen LogP contribution in [0.25, 0.3) is 0 Å². The molecule has 120 valence electrons. The fraction of sp³-hybridized carbons (Fsp3) is 0.611. The molecule has 2 fully saturated rings. The monoisotopic (exact) mass is 304 g/mol. The molecule has 1 aliphatic heterocycles. The molecule has 3 rings (SSSR count). The van der Waals surface area contributed by atoms with Crippen LogP contribution in [0.5, 0.6) is 0 Å². The third-order valence-electron chi connectivity index (χ3n) is 5.30. The van der Waals surface area contributed by atoms with Gasteiger partial charge in [0.1, 0.15) is 5.82 Å². The number of carbonyl (C=O) groups is 1. The van der Waals surface area contributed by atoms with Crippen LogP contribution in [0.3, 0.4) is 0 Å². The van der Waals surface area contributed by atoms with Gasteiger partial charge in [-0.15, -0.1) is 0 Å². The van der Waals surface area contributed by atoms with Crippen molar-refractivity contribution >= 4 is 5.91 Å². The lowest BCUT2D eigenvalue weighted by Gasteiger charge is -2.29. The molecule has 1 saturated carbocycles. The van der Waals surface area contributed by atoms with Crippen molar-refractivity contribution in [1.82, 2.24) is 4.90 Å². The second-order valence-electron chi connectivity index (χ2n) is 6.69. The maximum absolute atomic E-state index is 13.3.